The minimum atomic E-state index is -0.564. The predicted octanol–water partition coefficient (Wildman–Crippen LogP) is 2.71. The molecule has 7 heteroatoms. The van der Waals surface area contributed by atoms with Crippen LogP contribution in [0, 0.1) is 5.92 Å². The maximum Gasteiger partial charge on any atom is 0.243 e. The molecule has 0 radical (unpaired) electrons. The van der Waals surface area contributed by atoms with Crippen molar-refractivity contribution in [3.63, 3.8) is 0 Å². The molecule has 3 amide bonds. The van der Waals surface area contributed by atoms with E-state index >= 15 is 0 Å². The fraction of sp³-hybridized carbons (Fsp3) is 0.464. The number of nitrogens with zero attached hydrogens (tertiary/aromatic N) is 1. The van der Waals surface area contributed by atoms with Gasteiger partial charge in [-0.15, -0.1) is 0 Å². The number of benzene rings is 2. The van der Waals surface area contributed by atoms with E-state index in [-0.39, 0.29) is 42.3 Å². The maximum atomic E-state index is 13.5. The molecule has 7 nitrogen and oxygen atoms in total. The first-order chi connectivity index (χ1) is 17.0. The molecule has 186 valence electrons. The lowest BCUT2D eigenvalue weighted by atomic mass is 9.92. The standard InChI is InChI=1S/C28H36N4O3/c1-2-23(29)26(33)30-18-21-13-14-22-15-16-25(32(22)28(21)35)27(34)31-24(20-11-7-4-8-12-20)17-19-9-5-3-6-10-19/h3-12,21-25H,2,13-18,29H2,1H3,(H,30,33)(H,31,34)/t21-,22+,23?,24+,25+/m1/s1. The van der Waals surface area contributed by atoms with E-state index in [4.69, 9.17) is 5.73 Å². The molecule has 2 aliphatic rings. The van der Waals surface area contributed by atoms with Crippen molar-refractivity contribution in [1.82, 2.24) is 15.5 Å². The van der Waals surface area contributed by atoms with Crippen molar-refractivity contribution in [2.75, 3.05) is 6.54 Å². The largest absolute Gasteiger partial charge is 0.354 e. The molecule has 2 fully saturated rings. The molecule has 5 atom stereocenters. The first kappa shape index (κ1) is 24.9. The third kappa shape index (κ3) is 5.90. The highest BCUT2D eigenvalue weighted by atomic mass is 16.2. The lowest BCUT2D eigenvalue weighted by molar-refractivity contribution is -0.147. The van der Waals surface area contributed by atoms with Crippen molar-refractivity contribution in [3.05, 3.63) is 71.8 Å². The Hall–Kier alpha value is -3.19. The lowest BCUT2D eigenvalue weighted by Crippen LogP contribution is -2.55. The second-order valence-corrected chi connectivity index (χ2v) is 9.69. The molecule has 1 unspecified atom stereocenters. The van der Waals surface area contributed by atoms with Crippen LogP contribution in [0.2, 0.25) is 0 Å². The van der Waals surface area contributed by atoms with Crippen molar-refractivity contribution < 1.29 is 14.4 Å². The van der Waals surface area contributed by atoms with E-state index < -0.39 is 12.1 Å². The topological polar surface area (TPSA) is 105 Å². The molecule has 35 heavy (non-hydrogen) atoms. The van der Waals surface area contributed by atoms with Crippen LogP contribution in [0.5, 0.6) is 0 Å². The van der Waals surface area contributed by atoms with Gasteiger partial charge in [-0.1, -0.05) is 67.6 Å². The van der Waals surface area contributed by atoms with Crippen LogP contribution in [-0.4, -0.2) is 47.3 Å². The number of carbonyl (C=O) groups is 3. The molecule has 0 saturated carbocycles. The lowest BCUT2D eigenvalue weighted by Gasteiger charge is -2.38. The van der Waals surface area contributed by atoms with E-state index in [1.807, 2.05) is 55.5 Å². The van der Waals surface area contributed by atoms with Gasteiger partial charge in [-0.3, -0.25) is 14.4 Å². The Bertz CT molecular complexity index is 1010. The van der Waals surface area contributed by atoms with Crippen LogP contribution in [0.15, 0.2) is 60.7 Å². The van der Waals surface area contributed by atoms with Gasteiger partial charge in [0.2, 0.25) is 17.7 Å². The molecule has 0 aromatic heterocycles. The summed E-state index contributed by atoms with van der Waals surface area (Å²) in [5.74, 6) is -0.696. The summed E-state index contributed by atoms with van der Waals surface area (Å²) < 4.78 is 0. The van der Waals surface area contributed by atoms with Crippen molar-refractivity contribution in [2.24, 2.45) is 11.7 Å². The molecule has 0 bridgehead atoms. The number of hydrogen-bond donors (Lipinski definition) is 3. The van der Waals surface area contributed by atoms with Gasteiger partial charge in [-0.2, -0.15) is 0 Å². The Labute approximate surface area is 207 Å². The van der Waals surface area contributed by atoms with Gasteiger partial charge in [0.05, 0.1) is 18.0 Å². The average molecular weight is 477 g/mol. The normalized spacial score (nSPS) is 23.3. The van der Waals surface area contributed by atoms with Crippen molar-refractivity contribution in [2.45, 2.75) is 69.6 Å². The monoisotopic (exact) mass is 476 g/mol. The highest BCUT2D eigenvalue weighted by Crippen LogP contribution is 2.35. The van der Waals surface area contributed by atoms with Gasteiger partial charge < -0.3 is 21.3 Å². The Morgan fingerprint density at radius 3 is 2.34 bits per heavy atom. The van der Waals surface area contributed by atoms with Gasteiger partial charge in [0, 0.05) is 12.6 Å². The van der Waals surface area contributed by atoms with Gasteiger partial charge in [0.1, 0.15) is 6.04 Å². The highest BCUT2D eigenvalue weighted by Gasteiger charge is 2.46. The van der Waals surface area contributed by atoms with Crippen LogP contribution < -0.4 is 16.4 Å². The van der Waals surface area contributed by atoms with Crippen molar-refractivity contribution >= 4 is 17.7 Å². The predicted molar refractivity (Wildman–Crippen MR) is 135 cm³/mol. The molecule has 4 rings (SSSR count). The molecule has 2 aromatic carbocycles. The summed E-state index contributed by atoms with van der Waals surface area (Å²) in [6, 6.07) is 18.9. The van der Waals surface area contributed by atoms with Gasteiger partial charge in [-0.25, -0.2) is 0 Å². The number of hydrogen-bond acceptors (Lipinski definition) is 4. The molecular formula is C28H36N4O3. The summed E-state index contributed by atoms with van der Waals surface area (Å²) in [4.78, 5) is 40.8. The zero-order valence-corrected chi connectivity index (χ0v) is 20.4. The highest BCUT2D eigenvalue weighted by molar-refractivity contribution is 5.90. The molecule has 0 spiro atoms. The smallest absolute Gasteiger partial charge is 0.243 e. The van der Waals surface area contributed by atoms with Crippen LogP contribution in [0.3, 0.4) is 0 Å². The minimum absolute atomic E-state index is 0.0383. The molecule has 0 aliphatic carbocycles. The molecule has 4 N–H and O–H groups in total. The van der Waals surface area contributed by atoms with Crippen molar-refractivity contribution in [1.29, 1.82) is 0 Å². The Morgan fingerprint density at radius 1 is 1.00 bits per heavy atom. The van der Waals surface area contributed by atoms with Crippen LogP contribution >= 0.6 is 0 Å². The summed E-state index contributed by atoms with van der Waals surface area (Å²) in [6.07, 6.45) is 4.28. The van der Waals surface area contributed by atoms with Gasteiger partial charge in [0.25, 0.3) is 0 Å². The summed E-state index contributed by atoms with van der Waals surface area (Å²) in [5, 5.41) is 6.07. The van der Waals surface area contributed by atoms with Crippen LogP contribution in [0.1, 0.15) is 56.2 Å². The third-order valence-electron chi connectivity index (χ3n) is 7.36. The fourth-order valence-electron chi connectivity index (χ4n) is 5.27. The van der Waals surface area contributed by atoms with Gasteiger partial charge in [0.15, 0.2) is 0 Å². The van der Waals surface area contributed by atoms with E-state index in [1.54, 1.807) is 4.90 Å². The number of nitrogens with two attached hydrogens (primary N) is 1. The van der Waals surface area contributed by atoms with Gasteiger partial charge >= 0.3 is 0 Å². The Morgan fingerprint density at radius 2 is 1.66 bits per heavy atom. The number of carbonyl (C=O) groups excluding carboxylic acids is 3. The Balaban J connectivity index is 1.45. The summed E-state index contributed by atoms with van der Waals surface area (Å²) >= 11 is 0. The van der Waals surface area contributed by atoms with E-state index in [0.29, 0.717) is 19.3 Å². The number of fused-ring (bicyclic) bond motifs is 1. The number of rotatable bonds is 9. The number of piperidine rings is 1. The number of nitrogens with one attached hydrogen (secondary N) is 2. The second-order valence-electron chi connectivity index (χ2n) is 9.69. The molecule has 2 aromatic rings. The average Bonchev–Trinajstić information content (AvgIpc) is 3.33. The fourth-order valence-corrected chi connectivity index (χ4v) is 5.27. The molecular weight excluding hydrogens is 440 g/mol. The second kappa shape index (κ2) is 11.5. The molecule has 2 heterocycles. The maximum absolute atomic E-state index is 13.5. The third-order valence-corrected chi connectivity index (χ3v) is 7.36. The molecule has 2 saturated heterocycles. The van der Waals surface area contributed by atoms with E-state index in [2.05, 4.69) is 22.8 Å². The quantitative estimate of drug-likeness (QED) is 0.518. The van der Waals surface area contributed by atoms with E-state index in [1.165, 1.54) is 0 Å². The van der Waals surface area contributed by atoms with Gasteiger partial charge in [-0.05, 0) is 49.7 Å². The van der Waals surface area contributed by atoms with E-state index in [0.717, 1.165) is 30.4 Å². The molecule has 2 aliphatic heterocycles. The van der Waals surface area contributed by atoms with Crippen molar-refractivity contribution in [3.8, 4) is 0 Å². The number of amides is 3. The summed E-state index contributed by atoms with van der Waals surface area (Å²) in [5.41, 5.74) is 7.98. The zero-order chi connectivity index (χ0) is 24.8. The van der Waals surface area contributed by atoms with E-state index in [9.17, 15) is 14.4 Å². The summed E-state index contributed by atoms with van der Waals surface area (Å²) in [7, 11) is 0. The Kier molecular flexibility index (Phi) is 8.18. The first-order valence-corrected chi connectivity index (χ1v) is 12.7. The summed E-state index contributed by atoms with van der Waals surface area (Å²) in [6.45, 7) is 2.12. The van der Waals surface area contributed by atoms with Crippen LogP contribution in [0.25, 0.3) is 0 Å². The zero-order valence-electron chi connectivity index (χ0n) is 20.4. The first-order valence-electron chi connectivity index (χ1n) is 12.7. The SMILES string of the molecule is CCC(N)C(=O)NC[C@H]1CC[C@H]2CC[C@@H](C(=O)N[C@@H](Cc3ccccc3)c3ccccc3)N2C1=O. The minimum Gasteiger partial charge on any atom is -0.354 e. The van der Waals surface area contributed by atoms with Crippen LogP contribution in [-0.2, 0) is 20.8 Å². The van der Waals surface area contributed by atoms with Crippen LogP contribution in [0.4, 0.5) is 0 Å².